The molecule has 2 aromatic carbocycles. The monoisotopic (exact) mass is 465 g/mol. The predicted molar refractivity (Wildman–Crippen MR) is 126 cm³/mol. The second-order valence-electron chi connectivity index (χ2n) is 8.96. The van der Waals surface area contributed by atoms with Crippen LogP contribution in [-0.4, -0.2) is 64.8 Å². The largest absolute Gasteiger partial charge is 0.507 e. The van der Waals surface area contributed by atoms with E-state index in [0.29, 0.717) is 30.5 Å². The van der Waals surface area contributed by atoms with Crippen molar-refractivity contribution >= 4 is 23.1 Å². The molecule has 0 saturated carbocycles. The van der Waals surface area contributed by atoms with E-state index in [1.165, 1.54) is 23.1 Å². The molecule has 0 radical (unpaired) electrons. The number of non-ortho nitro benzene ring substituents is 1. The summed E-state index contributed by atoms with van der Waals surface area (Å²) in [4.78, 5) is 40.4. The van der Waals surface area contributed by atoms with Gasteiger partial charge in [0.15, 0.2) is 0 Å². The number of likely N-dealkylation sites (tertiary alicyclic amines) is 1. The first-order valence-electron chi connectivity index (χ1n) is 11.1. The van der Waals surface area contributed by atoms with Crippen molar-refractivity contribution in [2.45, 2.75) is 31.9 Å². The highest BCUT2D eigenvalue weighted by atomic mass is 16.6. The Bertz CT molecular complexity index is 1190. The zero-order chi connectivity index (χ0) is 24.6. The summed E-state index contributed by atoms with van der Waals surface area (Å²) in [6.07, 6.45) is 1.28. The van der Waals surface area contributed by atoms with Crippen molar-refractivity contribution in [3.05, 3.63) is 74.8 Å². The predicted octanol–water partition coefficient (Wildman–Crippen LogP) is 3.29. The van der Waals surface area contributed by atoms with Gasteiger partial charge in [0.1, 0.15) is 17.6 Å². The van der Waals surface area contributed by atoms with Crippen LogP contribution in [0.1, 0.15) is 36.1 Å². The third-order valence-electron chi connectivity index (χ3n) is 6.11. The molecule has 0 bridgehead atoms. The fourth-order valence-corrected chi connectivity index (χ4v) is 4.55. The molecule has 2 aliphatic heterocycles. The first-order chi connectivity index (χ1) is 16.2. The number of hydrogen-bond acceptors (Lipinski definition) is 7. The molecule has 0 spiro atoms. The van der Waals surface area contributed by atoms with Gasteiger partial charge >= 0.3 is 0 Å². The lowest BCUT2D eigenvalue weighted by Crippen LogP contribution is -2.32. The van der Waals surface area contributed by atoms with E-state index in [4.69, 9.17) is 4.74 Å². The van der Waals surface area contributed by atoms with E-state index in [0.717, 1.165) is 11.3 Å². The Kier molecular flexibility index (Phi) is 6.39. The summed E-state index contributed by atoms with van der Waals surface area (Å²) in [6.45, 7) is 2.90. The SMILES string of the molecule is C[C@@H]1Cc2cc(C(O)=C3C(=O)C(=O)N(CCCN(C)C)[C@H]3c3cccc([N+](=O)[O-])c3)ccc2O1. The van der Waals surface area contributed by atoms with Crippen molar-refractivity contribution < 1.29 is 24.4 Å². The number of benzene rings is 2. The number of ether oxygens (including phenoxy) is 1. The summed E-state index contributed by atoms with van der Waals surface area (Å²) in [5.41, 5.74) is 1.49. The number of hydrogen-bond donors (Lipinski definition) is 1. The number of nitro groups is 1. The smallest absolute Gasteiger partial charge is 0.295 e. The van der Waals surface area contributed by atoms with Gasteiger partial charge in [0, 0.05) is 30.7 Å². The molecular weight excluding hydrogens is 438 g/mol. The fourth-order valence-electron chi connectivity index (χ4n) is 4.55. The molecule has 0 unspecified atom stereocenters. The first kappa shape index (κ1) is 23.4. The van der Waals surface area contributed by atoms with E-state index in [9.17, 15) is 24.8 Å². The third kappa shape index (κ3) is 4.38. The minimum absolute atomic E-state index is 0.0135. The van der Waals surface area contributed by atoms with Gasteiger partial charge in [-0.1, -0.05) is 12.1 Å². The van der Waals surface area contributed by atoms with Gasteiger partial charge in [-0.25, -0.2) is 0 Å². The van der Waals surface area contributed by atoms with Gasteiger partial charge < -0.3 is 19.6 Å². The molecule has 1 fully saturated rings. The van der Waals surface area contributed by atoms with Crippen molar-refractivity contribution in [1.82, 2.24) is 9.80 Å². The van der Waals surface area contributed by atoms with Crippen LogP contribution in [0.15, 0.2) is 48.0 Å². The number of nitrogens with zero attached hydrogens (tertiary/aromatic N) is 3. The Morgan fingerprint density at radius 3 is 2.71 bits per heavy atom. The van der Waals surface area contributed by atoms with Crippen LogP contribution in [0.5, 0.6) is 5.75 Å². The Morgan fingerprint density at radius 2 is 2.00 bits per heavy atom. The fraction of sp³-hybridized carbons (Fsp3) is 0.360. The summed E-state index contributed by atoms with van der Waals surface area (Å²) in [6, 6.07) is 10.1. The second kappa shape index (κ2) is 9.26. The van der Waals surface area contributed by atoms with Gasteiger partial charge in [-0.05, 0) is 63.3 Å². The summed E-state index contributed by atoms with van der Waals surface area (Å²) < 4.78 is 5.72. The van der Waals surface area contributed by atoms with Crippen LogP contribution in [0.2, 0.25) is 0 Å². The van der Waals surface area contributed by atoms with Crippen molar-refractivity contribution in [3.63, 3.8) is 0 Å². The van der Waals surface area contributed by atoms with Crippen LogP contribution < -0.4 is 4.74 Å². The summed E-state index contributed by atoms with van der Waals surface area (Å²) >= 11 is 0. The van der Waals surface area contributed by atoms with Crippen molar-refractivity contribution in [1.29, 1.82) is 0 Å². The molecule has 9 heteroatoms. The number of amides is 1. The number of carbonyl (C=O) groups excluding carboxylic acids is 2. The Labute approximate surface area is 197 Å². The maximum atomic E-state index is 13.1. The lowest BCUT2D eigenvalue weighted by molar-refractivity contribution is -0.384. The van der Waals surface area contributed by atoms with Gasteiger partial charge in [0.05, 0.1) is 16.5 Å². The molecule has 2 aromatic rings. The van der Waals surface area contributed by atoms with Crippen LogP contribution in [-0.2, 0) is 16.0 Å². The van der Waals surface area contributed by atoms with Gasteiger partial charge in [-0.2, -0.15) is 0 Å². The average molecular weight is 466 g/mol. The highest BCUT2D eigenvalue weighted by Gasteiger charge is 2.46. The molecule has 1 saturated heterocycles. The zero-order valence-electron chi connectivity index (χ0n) is 19.4. The molecule has 1 amide bonds. The Hall–Kier alpha value is -3.72. The molecule has 0 aromatic heterocycles. The van der Waals surface area contributed by atoms with Gasteiger partial charge in [0.2, 0.25) is 0 Å². The highest BCUT2D eigenvalue weighted by molar-refractivity contribution is 6.46. The first-order valence-corrected chi connectivity index (χ1v) is 11.1. The molecule has 2 aliphatic rings. The number of ketones is 1. The summed E-state index contributed by atoms with van der Waals surface area (Å²) in [5.74, 6) is -1.10. The summed E-state index contributed by atoms with van der Waals surface area (Å²) in [5, 5.41) is 22.6. The van der Waals surface area contributed by atoms with Gasteiger partial charge in [-0.3, -0.25) is 19.7 Å². The molecule has 9 nitrogen and oxygen atoms in total. The normalized spacial score (nSPS) is 21.1. The minimum Gasteiger partial charge on any atom is -0.507 e. The van der Waals surface area contributed by atoms with Crippen molar-refractivity contribution in [2.24, 2.45) is 0 Å². The minimum atomic E-state index is -0.925. The van der Waals surface area contributed by atoms with Gasteiger partial charge in [-0.15, -0.1) is 0 Å². The maximum Gasteiger partial charge on any atom is 0.295 e. The van der Waals surface area contributed by atoms with Crippen molar-refractivity contribution in [3.8, 4) is 5.75 Å². The highest BCUT2D eigenvalue weighted by Crippen LogP contribution is 2.41. The van der Waals surface area contributed by atoms with Crippen LogP contribution >= 0.6 is 0 Å². The number of nitro benzene ring substituents is 1. The molecule has 1 N–H and O–H groups in total. The molecule has 2 heterocycles. The molecular formula is C25H27N3O6. The molecule has 34 heavy (non-hydrogen) atoms. The van der Waals surface area contributed by atoms with E-state index in [-0.39, 0.29) is 29.7 Å². The molecule has 178 valence electrons. The summed E-state index contributed by atoms with van der Waals surface area (Å²) in [7, 11) is 3.81. The number of Topliss-reactive ketones (excluding diaryl/α,β-unsaturated/α-hetero) is 1. The number of aliphatic hydroxyl groups is 1. The number of fused-ring (bicyclic) bond motifs is 1. The van der Waals surface area contributed by atoms with E-state index >= 15 is 0 Å². The van der Waals surface area contributed by atoms with Crippen molar-refractivity contribution in [2.75, 3.05) is 27.2 Å². The lowest BCUT2D eigenvalue weighted by Gasteiger charge is -2.25. The lowest BCUT2D eigenvalue weighted by atomic mass is 9.94. The van der Waals surface area contributed by atoms with E-state index in [2.05, 4.69) is 0 Å². The van der Waals surface area contributed by atoms with Gasteiger partial charge in [0.25, 0.3) is 17.4 Å². The molecule has 0 aliphatic carbocycles. The number of rotatable bonds is 7. The van der Waals surface area contributed by atoms with Crippen LogP contribution in [0, 0.1) is 10.1 Å². The Balaban J connectivity index is 1.81. The molecule has 4 rings (SSSR count). The topological polar surface area (TPSA) is 113 Å². The van der Waals surface area contributed by atoms with Crippen LogP contribution in [0.4, 0.5) is 5.69 Å². The Morgan fingerprint density at radius 1 is 1.24 bits per heavy atom. The van der Waals surface area contributed by atoms with Crippen LogP contribution in [0.25, 0.3) is 5.76 Å². The zero-order valence-corrected chi connectivity index (χ0v) is 19.4. The third-order valence-corrected chi connectivity index (χ3v) is 6.11. The van der Waals surface area contributed by atoms with E-state index in [1.807, 2.05) is 25.9 Å². The standard InChI is InChI=1S/C25H27N3O6/c1-15-12-18-13-17(8-9-20(18)34-15)23(29)21-22(16-6-4-7-19(14-16)28(32)33)27(25(31)24(21)30)11-5-10-26(2)3/h4,6-9,13-15,22,29H,5,10-12H2,1-3H3/t15-,22+/m1/s1. The maximum absolute atomic E-state index is 13.1. The average Bonchev–Trinajstić information content (AvgIpc) is 3.29. The molecule has 2 atom stereocenters. The van der Waals surface area contributed by atoms with Crippen LogP contribution in [0.3, 0.4) is 0 Å². The van der Waals surface area contributed by atoms with E-state index in [1.54, 1.807) is 24.3 Å². The van der Waals surface area contributed by atoms with E-state index < -0.39 is 22.7 Å². The number of aliphatic hydroxyl groups excluding tert-OH is 1. The quantitative estimate of drug-likeness (QED) is 0.219. The second-order valence-corrected chi connectivity index (χ2v) is 8.96. The number of carbonyl (C=O) groups is 2.